The van der Waals surface area contributed by atoms with Gasteiger partial charge >= 0.3 is 11.5 Å². The lowest BCUT2D eigenvalue weighted by molar-refractivity contribution is -0.331. The minimum atomic E-state index is -0.387. The second-order valence-corrected chi connectivity index (χ2v) is 9.31. The number of halogens is 1. The summed E-state index contributed by atoms with van der Waals surface area (Å²) in [6.45, 7) is 3.87. The van der Waals surface area contributed by atoms with E-state index in [1.807, 2.05) is 60.4 Å². The van der Waals surface area contributed by atoms with E-state index in [1.165, 1.54) is 15.1 Å². The first-order chi connectivity index (χ1) is 18.0. The van der Waals surface area contributed by atoms with Crippen LogP contribution in [0.15, 0.2) is 77.6 Å². The van der Waals surface area contributed by atoms with Crippen LogP contribution in [0, 0.1) is 12.7 Å². The topological polar surface area (TPSA) is 77.0 Å². The van der Waals surface area contributed by atoms with Gasteiger partial charge in [0.25, 0.3) is 5.65 Å². The van der Waals surface area contributed by atoms with Crippen LogP contribution in [-0.2, 0) is 11.3 Å². The van der Waals surface area contributed by atoms with Crippen molar-refractivity contribution >= 4 is 28.1 Å². The first-order valence-corrected chi connectivity index (χ1v) is 12.3. The molecule has 2 aromatic heterocycles. The molecule has 0 aliphatic carbocycles. The van der Waals surface area contributed by atoms with Crippen LogP contribution in [0.25, 0.3) is 27.9 Å². The van der Waals surface area contributed by atoms with Crippen LogP contribution < -0.4 is 15.6 Å². The van der Waals surface area contributed by atoms with Crippen molar-refractivity contribution in [2.24, 2.45) is 0 Å². The molecule has 3 heterocycles. The molecule has 0 bridgehead atoms. The summed E-state index contributed by atoms with van der Waals surface area (Å²) in [6, 6.07) is 22.1. The van der Waals surface area contributed by atoms with Gasteiger partial charge in [0.2, 0.25) is 5.91 Å². The third-order valence-electron chi connectivity index (χ3n) is 6.95. The Bertz CT molecular complexity index is 1680. The predicted octanol–water partition coefficient (Wildman–Crippen LogP) is 2.93. The molecule has 5 aromatic rings. The maximum atomic E-state index is 14.2. The third kappa shape index (κ3) is 4.12. The molecule has 8 nitrogen and oxygen atoms in total. The summed E-state index contributed by atoms with van der Waals surface area (Å²) < 4.78 is 17.0. The van der Waals surface area contributed by atoms with Crippen molar-refractivity contribution < 1.29 is 14.2 Å². The van der Waals surface area contributed by atoms with E-state index in [0.29, 0.717) is 48.9 Å². The summed E-state index contributed by atoms with van der Waals surface area (Å²) in [4.78, 5) is 33.8. The molecule has 1 saturated heterocycles. The van der Waals surface area contributed by atoms with Gasteiger partial charge in [-0.1, -0.05) is 42.0 Å². The number of rotatable bonds is 4. The van der Waals surface area contributed by atoms with Crippen molar-refractivity contribution in [1.82, 2.24) is 19.1 Å². The number of piperazine rings is 1. The number of para-hydroxylation sites is 2. The molecule has 1 aliphatic heterocycles. The van der Waals surface area contributed by atoms with Crippen LogP contribution >= 0.6 is 0 Å². The smallest absolute Gasteiger partial charge is 0.366 e. The highest BCUT2D eigenvalue weighted by Gasteiger charge is 2.26. The number of aromatic amines is 1. The Balaban J connectivity index is 1.30. The van der Waals surface area contributed by atoms with Crippen LogP contribution in [0.5, 0.6) is 0 Å². The lowest BCUT2D eigenvalue weighted by Gasteiger charge is -2.36. The fourth-order valence-corrected chi connectivity index (χ4v) is 4.92. The normalized spacial score (nSPS) is 14.0. The van der Waals surface area contributed by atoms with Crippen LogP contribution in [0.3, 0.4) is 0 Å². The molecule has 3 aromatic carbocycles. The zero-order valence-electron chi connectivity index (χ0n) is 20.4. The minimum Gasteiger partial charge on any atom is -0.366 e. The highest BCUT2D eigenvalue weighted by Crippen LogP contribution is 2.21. The van der Waals surface area contributed by atoms with E-state index in [2.05, 4.69) is 10.1 Å². The van der Waals surface area contributed by atoms with Crippen LogP contribution in [-0.4, -0.2) is 51.2 Å². The number of aromatic nitrogens is 4. The Hall–Kier alpha value is -4.53. The lowest BCUT2D eigenvalue weighted by Crippen LogP contribution is -2.50. The van der Waals surface area contributed by atoms with Gasteiger partial charge in [-0.3, -0.25) is 9.36 Å². The predicted molar refractivity (Wildman–Crippen MR) is 139 cm³/mol. The Labute approximate surface area is 212 Å². The number of fused-ring (bicyclic) bond motifs is 3. The van der Waals surface area contributed by atoms with Crippen LogP contribution in [0.2, 0.25) is 0 Å². The van der Waals surface area contributed by atoms with E-state index < -0.39 is 0 Å². The maximum absolute atomic E-state index is 14.2. The van der Waals surface area contributed by atoms with E-state index >= 15 is 0 Å². The summed E-state index contributed by atoms with van der Waals surface area (Å²) in [7, 11) is 0. The molecule has 0 atom stereocenters. The summed E-state index contributed by atoms with van der Waals surface area (Å²) >= 11 is 0. The molecule has 9 heteroatoms. The molecule has 1 amide bonds. The van der Waals surface area contributed by atoms with Gasteiger partial charge in [-0.15, -0.1) is 0 Å². The molecule has 186 valence electrons. The summed E-state index contributed by atoms with van der Waals surface area (Å²) in [5.74, 6) is 0.153. The second kappa shape index (κ2) is 9.16. The molecule has 37 heavy (non-hydrogen) atoms. The van der Waals surface area contributed by atoms with E-state index in [0.717, 1.165) is 16.5 Å². The van der Waals surface area contributed by atoms with E-state index in [9.17, 15) is 14.0 Å². The van der Waals surface area contributed by atoms with Gasteiger partial charge in [-0.25, -0.2) is 14.2 Å². The van der Waals surface area contributed by atoms with Crippen molar-refractivity contribution in [3.05, 3.63) is 94.7 Å². The van der Waals surface area contributed by atoms with Crippen molar-refractivity contribution in [2.45, 2.75) is 13.5 Å². The number of hydrogen-bond donors (Lipinski definition) is 0. The summed E-state index contributed by atoms with van der Waals surface area (Å²) in [5.41, 5.74) is 3.40. The van der Waals surface area contributed by atoms with Gasteiger partial charge in [0.1, 0.15) is 12.4 Å². The molecule has 0 spiro atoms. The molecule has 1 fully saturated rings. The molecule has 1 aliphatic rings. The van der Waals surface area contributed by atoms with E-state index in [4.69, 9.17) is 0 Å². The van der Waals surface area contributed by atoms with Crippen molar-refractivity contribution in [2.75, 3.05) is 31.1 Å². The average molecular weight is 498 g/mol. The fourth-order valence-electron chi connectivity index (χ4n) is 4.92. The molecule has 0 saturated carbocycles. The molecule has 0 radical (unpaired) electrons. The first kappa shape index (κ1) is 22.9. The summed E-state index contributed by atoms with van der Waals surface area (Å²) in [6.07, 6.45) is 0. The van der Waals surface area contributed by atoms with Gasteiger partial charge in [0, 0.05) is 26.2 Å². The quantitative estimate of drug-likeness (QED) is 0.383. The summed E-state index contributed by atoms with van der Waals surface area (Å²) in [5, 5.41) is 5.35. The number of aryl methyl sites for hydroxylation is 1. The molecular weight excluding hydrogens is 471 g/mol. The van der Waals surface area contributed by atoms with Gasteiger partial charge in [-0.2, -0.15) is 0 Å². The molecule has 1 N–H and O–H groups in total. The minimum absolute atomic E-state index is 0.102. The van der Waals surface area contributed by atoms with Crippen LogP contribution in [0.4, 0.5) is 10.1 Å². The molecule has 6 rings (SSSR count). The number of carbonyl (C=O) groups excluding carboxylic acids is 1. The number of hydrogen-bond acceptors (Lipinski definition) is 4. The molecule has 0 unspecified atom stereocenters. The van der Waals surface area contributed by atoms with Gasteiger partial charge < -0.3 is 9.80 Å². The number of H-pyrrole nitrogens is 1. The maximum Gasteiger partial charge on any atom is 0.424 e. The number of anilines is 1. The number of amides is 1. The average Bonchev–Trinajstić information content (AvgIpc) is 3.38. The number of nitrogens with zero attached hydrogens (tertiary/aromatic N) is 5. The molecular formula is C28H26FN6O2+. The van der Waals surface area contributed by atoms with Crippen molar-refractivity contribution in [3.8, 4) is 11.4 Å². The number of benzene rings is 3. The van der Waals surface area contributed by atoms with Gasteiger partial charge in [0.05, 0.1) is 27.3 Å². The Morgan fingerprint density at radius 3 is 2.41 bits per heavy atom. The zero-order chi connectivity index (χ0) is 25.5. The fraction of sp³-hybridized carbons (Fsp3) is 0.214. The number of nitrogens with one attached hydrogen (secondary N) is 1. The second-order valence-electron chi connectivity index (χ2n) is 9.31. The largest absolute Gasteiger partial charge is 0.424 e. The van der Waals surface area contributed by atoms with Crippen LogP contribution in [0.1, 0.15) is 5.56 Å². The lowest BCUT2D eigenvalue weighted by atomic mass is 10.1. The SMILES string of the molecule is Cc1ccc(-c2nn3c(=O)n(CC(=O)N4CCN(c5ccccc5F)CC4)c4ccccc4c3[nH+]2)cc1. The Morgan fingerprint density at radius 2 is 1.65 bits per heavy atom. The van der Waals surface area contributed by atoms with E-state index in [1.54, 1.807) is 23.1 Å². The van der Waals surface area contributed by atoms with Gasteiger partial charge in [0.15, 0.2) is 0 Å². The highest BCUT2D eigenvalue weighted by atomic mass is 19.1. The van der Waals surface area contributed by atoms with Crippen molar-refractivity contribution in [1.29, 1.82) is 0 Å². The monoisotopic (exact) mass is 497 g/mol. The Kier molecular flexibility index (Phi) is 5.67. The number of carbonyl (C=O) groups is 1. The van der Waals surface area contributed by atoms with Crippen molar-refractivity contribution in [3.63, 3.8) is 0 Å². The highest BCUT2D eigenvalue weighted by molar-refractivity contribution is 5.91. The van der Waals surface area contributed by atoms with E-state index in [-0.39, 0.29) is 24.0 Å². The Morgan fingerprint density at radius 1 is 0.946 bits per heavy atom. The zero-order valence-corrected chi connectivity index (χ0v) is 20.4. The standard InChI is InChI=1S/C28H25FN6O2/c1-19-10-12-20(13-11-19)26-30-27-21-6-2-4-8-23(21)34(28(37)35(27)31-26)18-25(36)33-16-14-32(15-17-33)24-9-5-3-7-22(24)29/h2-13H,14-18H2,1H3/p+1. The first-order valence-electron chi connectivity index (χ1n) is 12.3. The third-order valence-corrected chi connectivity index (χ3v) is 6.95. The van der Waals surface area contributed by atoms with Gasteiger partial charge in [-0.05, 0) is 47.8 Å².